The van der Waals surface area contributed by atoms with E-state index in [1.165, 1.54) is 0 Å². The van der Waals surface area contributed by atoms with E-state index in [4.69, 9.17) is 0 Å². The molecule has 0 saturated carbocycles. The molecule has 94 valence electrons. The van der Waals surface area contributed by atoms with E-state index in [1.807, 2.05) is 7.05 Å². The van der Waals surface area contributed by atoms with Gasteiger partial charge in [0.1, 0.15) is 5.75 Å². The summed E-state index contributed by atoms with van der Waals surface area (Å²) in [6.45, 7) is 0.814. The number of phenolic OH excluding ortho intramolecular Hbond substituents is 1. The maximum absolute atomic E-state index is 12.2. The van der Waals surface area contributed by atoms with Gasteiger partial charge in [0.2, 0.25) is 0 Å². The molecule has 17 heavy (non-hydrogen) atoms. The topological polar surface area (TPSA) is 66.4 Å². The van der Waals surface area contributed by atoms with Crippen molar-refractivity contribution in [3.63, 3.8) is 0 Å². The lowest BCUT2D eigenvalue weighted by atomic mass is 10.1. The van der Waals surface area contributed by atoms with E-state index in [0.717, 1.165) is 13.0 Å². The zero-order valence-corrected chi connectivity index (χ0v) is 10.6. The van der Waals surface area contributed by atoms with Crippen LogP contribution >= 0.6 is 0 Å². The van der Waals surface area contributed by atoms with Crippen molar-refractivity contribution in [1.29, 1.82) is 0 Å². The smallest absolute Gasteiger partial charge is 0.181 e. The summed E-state index contributed by atoms with van der Waals surface area (Å²) in [6, 6.07) is 4.72. The predicted octanol–water partition coefficient (Wildman–Crippen LogP) is 1.09. The Labute approximate surface area is 102 Å². The fraction of sp³-hybridized carbons (Fsp3) is 0.500. The van der Waals surface area contributed by atoms with E-state index in [9.17, 15) is 13.5 Å². The van der Waals surface area contributed by atoms with Gasteiger partial charge in [0.05, 0.1) is 10.1 Å². The van der Waals surface area contributed by atoms with Crippen LogP contribution in [-0.4, -0.2) is 32.4 Å². The minimum absolute atomic E-state index is 0.0993. The molecule has 0 fully saturated rings. The standard InChI is InChI=1S/C12H17NO3S/c1-13-7-3-4-9-8-10-11(14)5-2-6-12(10)17(9,15)16/h2,5-6,9,13-14H,3-4,7-8H2,1H3. The van der Waals surface area contributed by atoms with Crippen LogP contribution in [0.5, 0.6) is 5.75 Å². The molecule has 0 amide bonds. The van der Waals surface area contributed by atoms with E-state index in [0.29, 0.717) is 23.3 Å². The Bertz CT molecular complexity index is 510. The minimum Gasteiger partial charge on any atom is -0.508 e. The van der Waals surface area contributed by atoms with E-state index < -0.39 is 9.84 Å². The van der Waals surface area contributed by atoms with Crippen LogP contribution in [0.15, 0.2) is 23.1 Å². The van der Waals surface area contributed by atoms with E-state index in [2.05, 4.69) is 5.32 Å². The molecule has 1 aromatic carbocycles. The first-order valence-electron chi connectivity index (χ1n) is 5.76. The lowest BCUT2D eigenvalue weighted by molar-refractivity contribution is 0.465. The number of fused-ring (bicyclic) bond motifs is 1. The lowest BCUT2D eigenvalue weighted by Crippen LogP contribution is -2.19. The maximum Gasteiger partial charge on any atom is 0.181 e. The van der Waals surface area contributed by atoms with Crippen molar-refractivity contribution >= 4 is 9.84 Å². The first-order valence-corrected chi connectivity index (χ1v) is 7.31. The number of aromatic hydroxyl groups is 1. The van der Waals surface area contributed by atoms with Crippen molar-refractivity contribution in [2.45, 2.75) is 29.4 Å². The first-order chi connectivity index (χ1) is 8.07. The maximum atomic E-state index is 12.2. The Morgan fingerprint density at radius 2 is 2.24 bits per heavy atom. The third kappa shape index (κ3) is 2.17. The minimum atomic E-state index is -3.24. The molecular weight excluding hydrogens is 238 g/mol. The summed E-state index contributed by atoms with van der Waals surface area (Å²) < 4.78 is 24.4. The van der Waals surface area contributed by atoms with Crippen molar-refractivity contribution in [3.05, 3.63) is 23.8 Å². The molecule has 5 heteroatoms. The Kier molecular flexibility index (Phi) is 3.40. The molecule has 1 aliphatic rings. The molecule has 0 aliphatic carbocycles. The number of benzene rings is 1. The number of phenols is 1. The largest absolute Gasteiger partial charge is 0.508 e. The molecule has 2 N–H and O–H groups in total. The number of sulfone groups is 1. The van der Waals surface area contributed by atoms with E-state index >= 15 is 0 Å². The highest BCUT2D eigenvalue weighted by atomic mass is 32.2. The highest BCUT2D eigenvalue weighted by Crippen LogP contribution is 2.37. The first kappa shape index (κ1) is 12.4. The Morgan fingerprint density at radius 1 is 1.47 bits per heavy atom. The molecule has 1 heterocycles. The van der Waals surface area contributed by atoms with Gasteiger partial charge in [-0.1, -0.05) is 6.07 Å². The van der Waals surface area contributed by atoms with Crippen LogP contribution in [0.25, 0.3) is 0 Å². The molecule has 2 rings (SSSR count). The van der Waals surface area contributed by atoms with Crippen LogP contribution in [-0.2, 0) is 16.3 Å². The van der Waals surface area contributed by atoms with Crippen LogP contribution in [0.2, 0.25) is 0 Å². The average Bonchev–Trinajstić information content (AvgIpc) is 2.54. The summed E-state index contributed by atoms with van der Waals surface area (Å²) >= 11 is 0. The number of nitrogens with one attached hydrogen (secondary N) is 1. The van der Waals surface area contributed by atoms with Crippen LogP contribution < -0.4 is 5.32 Å². The second kappa shape index (κ2) is 4.66. The van der Waals surface area contributed by atoms with Crippen LogP contribution in [0.3, 0.4) is 0 Å². The highest BCUT2D eigenvalue weighted by Gasteiger charge is 2.37. The van der Waals surface area contributed by atoms with Crippen molar-refractivity contribution in [3.8, 4) is 5.75 Å². The fourth-order valence-electron chi connectivity index (χ4n) is 2.31. The monoisotopic (exact) mass is 255 g/mol. The second-order valence-corrected chi connectivity index (χ2v) is 6.57. The Morgan fingerprint density at radius 3 is 2.88 bits per heavy atom. The van der Waals surface area contributed by atoms with Gasteiger partial charge in [-0.3, -0.25) is 0 Å². The normalized spacial score (nSPS) is 21.4. The van der Waals surface area contributed by atoms with Gasteiger partial charge in [-0.05, 0) is 45.0 Å². The molecule has 0 spiro atoms. The summed E-state index contributed by atoms with van der Waals surface area (Å²) in [7, 11) is -1.39. The fourth-order valence-corrected chi connectivity index (χ4v) is 4.33. The van der Waals surface area contributed by atoms with Gasteiger partial charge < -0.3 is 10.4 Å². The van der Waals surface area contributed by atoms with E-state index in [1.54, 1.807) is 18.2 Å². The summed E-state index contributed by atoms with van der Waals surface area (Å²) in [5.41, 5.74) is 0.585. The van der Waals surface area contributed by atoms with Gasteiger partial charge >= 0.3 is 0 Å². The Balaban J connectivity index is 2.24. The third-order valence-electron chi connectivity index (χ3n) is 3.24. The predicted molar refractivity (Wildman–Crippen MR) is 65.9 cm³/mol. The van der Waals surface area contributed by atoms with E-state index in [-0.39, 0.29) is 11.0 Å². The molecule has 0 radical (unpaired) electrons. The van der Waals surface area contributed by atoms with Gasteiger partial charge in [0, 0.05) is 5.56 Å². The molecule has 1 unspecified atom stereocenters. The number of rotatable bonds is 4. The van der Waals surface area contributed by atoms with Crippen molar-refractivity contribution in [2.24, 2.45) is 0 Å². The van der Waals surface area contributed by atoms with Gasteiger partial charge in [0.15, 0.2) is 9.84 Å². The van der Waals surface area contributed by atoms with Gasteiger partial charge in [0.25, 0.3) is 0 Å². The highest BCUT2D eigenvalue weighted by molar-refractivity contribution is 7.92. The summed E-state index contributed by atoms with van der Waals surface area (Å²) in [6.07, 6.45) is 1.90. The summed E-state index contributed by atoms with van der Waals surface area (Å²) in [4.78, 5) is 0.312. The van der Waals surface area contributed by atoms with Crippen LogP contribution in [0.1, 0.15) is 18.4 Å². The van der Waals surface area contributed by atoms with Gasteiger partial charge in [-0.25, -0.2) is 8.42 Å². The number of hydrogen-bond donors (Lipinski definition) is 2. The average molecular weight is 255 g/mol. The zero-order chi connectivity index (χ0) is 12.5. The molecule has 1 aromatic rings. The summed E-state index contributed by atoms with van der Waals surface area (Å²) in [5.74, 6) is 0.0993. The van der Waals surface area contributed by atoms with Gasteiger partial charge in [-0.15, -0.1) is 0 Å². The summed E-state index contributed by atoms with van der Waals surface area (Å²) in [5, 5.41) is 12.3. The second-order valence-electron chi connectivity index (χ2n) is 4.37. The SMILES string of the molecule is CNCCCC1Cc2c(O)cccc2S1(=O)=O. The molecule has 0 aromatic heterocycles. The number of hydrogen-bond acceptors (Lipinski definition) is 4. The lowest BCUT2D eigenvalue weighted by Gasteiger charge is -2.08. The van der Waals surface area contributed by atoms with Crippen LogP contribution in [0, 0.1) is 0 Å². The van der Waals surface area contributed by atoms with Gasteiger partial charge in [-0.2, -0.15) is 0 Å². The van der Waals surface area contributed by atoms with Crippen molar-refractivity contribution in [1.82, 2.24) is 5.32 Å². The Hall–Kier alpha value is -1.07. The molecule has 1 aliphatic heterocycles. The molecular formula is C12H17NO3S. The molecule has 0 bridgehead atoms. The van der Waals surface area contributed by atoms with Crippen LogP contribution in [0.4, 0.5) is 0 Å². The zero-order valence-electron chi connectivity index (χ0n) is 9.81. The van der Waals surface area contributed by atoms with Crippen molar-refractivity contribution in [2.75, 3.05) is 13.6 Å². The molecule has 1 atom stereocenters. The molecule has 4 nitrogen and oxygen atoms in total. The van der Waals surface area contributed by atoms with Crippen molar-refractivity contribution < 1.29 is 13.5 Å². The quantitative estimate of drug-likeness (QED) is 0.790. The third-order valence-corrected chi connectivity index (χ3v) is 5.51. The molecule has 0 saturated heterocycles.